The summed E-state index contributed by atoms with van der Waals surface area (Å²) in [6.07, 6.45) is 2.54. The minimum Gasteiger partial charge on any atom is -0.370 e. The van der Waals surface area contributed by atoms with Crippen molar-refractivity contribution in [2.75, 3.05) is 33.3 Å². The Morgan fingerprint density at radius 2 is 1.85 bits per heavy atom. The van der Waals surface area contributed by atoms with Crippen LogP contribution < -0.4 is 21.3 Å². The van der Waals surface area contributed by atoms with E-state index in [0.717, 1.165) is 18.2 Å². The molecular formula is C27H37N7O6S. The van der Waals surface area contributed by atoms with E-state index >= 15 is 0 Å². The van der Waals surface area contributed by atoms with Crippen molar-refractivity contribution in [1.82, 2.24) is 25.3 Å². The number of hydrogen-bond donors (Lipinski definition) is 5. The van der Waals surface area contributed by atoms with E-state index in [2.05, 4.69) is 20.4 Å². The molecule has 0 unspecified atom stereocenters. The van der Waals surface area contributed by atoms with Crippen molar-refractivity contribution in [3.8, 4) is 0 Å². The molecule has 2 fully saturated rings. The minimum absolute atomic E-state index is 0.0209. The summed E-state index contributed by atoms with van der Waals surface area (Å²) in [5.41, 5.74) is 7.79. The van der Waals surface area contributed by atoms with E-state index in [1.165, 1.54) is 24.1 Å². The van der Waals surface area contributed by atoms with E-state index in [1.54, 1.807) is 23.1 Å². The van der Waals surface area contributed by atoms with Gasteiger partial charge in [-0.15, -0.1) is 0 Å². The average Bonchev–Trinajstić information content (AvgIpc) is 3.79. The van der Waals surface area contributed by atoms with Gasteiger partial charge < -0.3 is 20.9 Å². The number of guanidine groups is 1. The van der Waals surface area contributed by atoms with Crippen LogP contribution >= 0.6 is 0 Å². The van der Waals surface area contributed by atoms with Crippen LogP contribution in [0.5, 0.6) is 0 Å². The second-order valence-corrected chi connectivity index (χ2v) is 12.2. The Balaban J connectivity index is 1.51. The van der Waals surface area contributed by atoms with Gasteiger partial charge in [0.15, 0.2) is 5.96 Å². The van der Waals surface area contributed by atoms with Crippen molar-refractivity contribution in [3.05, 3.63) is 42.5 Å². The van der Waals surface area contributed by atoms with Gasteiger partial charge in [0.25, 0.3) is 5.91 Å². The highest BCUT2D eigenvalue weighted by atomic mass is 32.2. The molecule has 4 rings (SSSR count). The van der Waals surface area contributed by atoms with E-state index in [1.807, 2.05) is 12.1 Å². The molecular weight excluding hydrogens is 550 g/mol. The summed E-state index contributed by atoms with van der Waals surface area (Å²) < 4.78 is 29.4. The topological polar surface area (TPSA) is 187 Å². The predicted molar refractivity (Wildman–Crippen MR) is 152 cm³/mol. The molecule has 2 atom stereocenters. The fourth-order valence-corrected chi connectivity index (χ4v) is 6.23. The van der Waals surface area contributed by atoms with Crippen LogP contribution in [0.3, 0.4) is 0 Å². The van der Waals surface area contributed by atoms with Crippen LogP contribution in [-0.4, -0.2) is 87.3 Å². The maximum absolute atomic E-state index is 13.7. The Morgan fingerprint density at radius 1 is 1.12 bits per heavy atom. The zero-order chi connectivity index (χ0) is 29.6. The Bertz CT molecular complexity index is 1400. The molecule has 1 saturated heterocycles. The number of amides is 3. The number of carbonyl (C=O) groups excluding carboxylic acids is 3. The number of piperidine rings is 1. The molecule has 1 aliphatic carbocycles. The predicted octanol–water partition coefficient (Wildman–Crippen LogP) is 0.267. The monoisotopic (exact) mass is 587 g/mol. The normalized spacial score (nSPS) is 18.0. The van der Waals surface area contributed by atoms with Gasteiger partial charge in [0.2, 0.25) is 21.8 Å². The number of hydroxylamine groups is 1. The second kappa shape index (κ2) is 13.3. The molecule has 2 aromatic carbocycles. The lowest BCUT2D eigenvalue weighted by molar-refractivity contribution is -0.142. The molecule has 2 aromatic rings. The summed E-state index contributed by atoms with van der Waals surface area (Å²) in [5.74, 6) is -1.71. The van der Waals surface area contributed by atoms with Crippen LogP contribution in [0.2, 0.25) is 0 Å². The van der Waals surface area contributed by atoms with Gasteiger partial charge in [-0.05, 0) is 54.5 Å². The van der Waals surface area contributed by atoms with Crippen molar-refractivity contribution in [1.29, 1.82) is 5.41 Å². The Morgan fingerprint density at radius 3 is 2.54 bits per heavy atom. The fourth-order valence-electron chi connectivity index (χ4n) is 5.01. The molecule has 0 aromatic heterocycles. The minimum atomic E-state index is -4.22. The average molecular weight is 588 g/mol. The van der Waals surface area contributed by atoms with E-state index in [9.17, 15) is 22.8 Å². The zero-order valence-corrected chi connectivity index (χ0v) is 23.8. The van der Waals surface area contributed by atoms with Gasteiger partial charge in [-0.25, -0.2) is 13.9 Å². The summed E-state index contributed by atoms with van der Waals surface area (Å²) in [4.78, 5) is 46.6. The number of fused-ring (bicyclic) bond motifs is 1. The largest absolute Gasteiger partial charge is 0.370 e. The highest BCUT2D eigenvalue weighted by Crippen LogP contribution is 2.28. The number of nitrogens with two attached hydrogens (primary N) is 1. The number of nitrogens with one attached hydrogen (secondary N) is 4. The van der Waals surface area contributed by atoms with Crippen LogP contribution in [0.15, 0.2) is 47.4 Å². The summed E-state index contributed by atoms with van der Waals surface area (Å²) in [7, 11) is -2.95. The van der Waals surface area contributed by atoms with E-state index in [4.69, 9.17) is 11.1 Å². The first-order valence-electron chi connectivity index (χ1n) is 13.6. The Labute approximate surface area is 239 Å². The second-order valence-electron chi connectivity index (χ2n) is 10.5. The van der Waals surface area contributed by atoms with Gasteiger partial charge in [-0.2, -0.15) is 4.72 Å². The summed E-state index contributed by atoms with van der Waals surface area (Å²) in [6, 6.07) is 10.2. The van der Waals surface area contributed by atoms with E-state index in [0.29, 0.717) is 37.9 Å². The van der Waals surface area contributed by atoms with Crippen LogP contribution in [-0.2, 0) is 29.2 Å². The summed E-state index contributed by atoms with van der Waals surface area (Å²) in [5, 5.41) is 12.0. The van der Waals surface area contributed by atoms with Crippen molar-refractivity contribution < 1.29 is 27.6 Å². The maximum Gasteiger partial charge on any atom is 0.263 e. The molecule has 3 amide bonds. The van der Waals surface area contributed by atoms with Crippen molar-refractivity contribution >= 4 is 44.5 Å². The molecule has 222 valence electrons. The van der Waals surface area contributed by atoms with Gasteiger partial charge in [0, 0.05) is 25.7 Å². The summed E-state index contributed by atoms with van der Waals surface area (Å²) in [6.45, 7) is 1.16. The molecule has 6 N–H and O–H groups in total. The number of benzene rings is 2. The number of hydrogen-bond acceptors (Lipinski definition) is 7. The fraction of sp³-hybridized carbons (Fsp3) is 0.481. The molecule has 14 heteroatoms. The van der Waals surface area contributed by atoms with Crippen LogP contribution in [0, 0.1) is 11.3 Å². The van der Waals surface area contributed by atoms with Gasteiger partial charge in [0.1, 0.15) is 12.6 Å². The molecule has 1 heterocycles. The molecule has 1 saturated carbocycles. The highest BCUT2D eigenvalue weighted by Gasteiger charge is 2.39. The van der Waals surface area contributed by atoms with Gasteiger partial charge >= 0.3 is 0 Å². The number of nitrogens with zero attached hydrogens (tertiary/aromatic N) is 2. The van der Waals surface area contributed by atoms with Crippen molar-refractivity contribution in [2.45, 2.75) is 49.1 Å². The quantitative estimate of drug-likeness (QED) is 0.133. The van der Waals surface area contributed by atoms with Gasteiger partial charge in [-0.3, -0.25) is 24.6 Å². The molecule has 2 aliphatic rings. The van der Waals surface area contributed by atoms with Crippen LogP contribution in [0.1, 0.15) is 32.1 Å². The molecule has 0 bridgehead atoms. The number of likely N-dealkylation sites (tertiary alicyclic amines) is 1. The van der Waals surface area contributed by atoms with Gasteiger partial charge in [-0.1, -0.05) is 30.3 Å². The molecule has 0 spiro atoms. The molecule has 0 radical (unpaired) electrons. The molecule has 13 nitrogen and oxygen atoms in total. The first-order chi connectivity index (χ1) is 19.6. The number of sulfonamides is 1. The van der Waals surface area contributed by atoms with E-state index in [-0.39, 0.29) is 29.4 Å². The first kappa shape index (κ1) is 30.2. The van der Waals surface area contributed by atoms with Crippen molar-refractivity contribution in [3.63, 3.8) is 0 Å². The van der Waals surface area contributed by atoms with E-state index < -0.39 is 40.2 Å². The third kappa shape index (κ3) is 8.15. The van der Waals surface area contributed by atoms with Crippen molar-refractivity contribution in [2.24, 2.45) is 11.7 Å². The summed E-state index contributed by atoms with van der Waals surface area (Å²) >= 11 is 0. The lowest BCUT2D eigenvalue weighted by Gasteiger charge is -2.33. The Hall–Kier alpha value is -3.75. The lowest BCUT2D eigenvalue weighted by Crippen LogP contribution is -2.53. The smallest absolute Gasteiger partial charge is 0.263 e. The zero-order valence-electron chi connectivity index (χ0n) is 23.0. The molecule has 41 heavy (non-hydrogen) atoms. The SMILES string of the molecule is CONC(=O)CN(C(=O)[C@H](CC(=O)NC[C@@H]1CCCN(C(=N)N)C1)NS(=O)(=O)c1ccc2ccccc2c1)C1CC1. The number of rotatable bonds is 12. The standard InChI is InChI=1S/C27H37N7O6S/c1-40-31-25(36)17-34(21-9-10-21)26(37)23(14-24(35)30-15-18-5-4-12-33(16-18)27(28)29)32-41(38,39)22-11-8-19-6-2-3-7-20(19)13-22/h2-3,6-8,11,13,18,21,23,32H,4-5,9-10,12,14-17H2,1H3,(H3,28,29)(H,30,35)(H,31,36)/t18-,23-/m0/s1. The third-order valence-electron chi connectivity index (χ3n) is 7.26. The van der Waals surface area contributed by atoms with Crippen LogP contribution in [0.4, 0.5) is 0 Å². The van der Waals surface area contributed by atoms with Gasteiger partial charge in [0.05, 0.1) is 18.4 Å². The highest BCUT2D eigenvalue weighted by molar-refractivity contribution is 7.89. The Kier molecular flexibility index (Phi) is 9.78. The third-order valence-corrected chi connectivity index (χ3v) is 8.73. The molecule has 1 aliphatic heterocycles. The first-order valence-corrected chi connectivity index (χ1v) is 15.0. The number of carbonyl (C=O) groups is 3. The lowest BCUT2D eigenvalue weighted by atomic mass is 9.98. The van der Waals surface area contributed by atoms with Crippen LogP contribution in [0.25, 0.3) is 10.8 Å². The maximum atomic E-state index is 13.7.